The van der Waals surface area contributed by atoms with Crippen LogP contribution in [0.1, 0.15) is 37.8 Å². The fourth-order valence-electron chi connectivity index (χ4n) is 4.03. The quantitative estimate of drug-likeness (QED) is 0.581. The van der Waals surface area contributed by atoms with Gasteiger partial charge in [-0.2, -0.15) is 0 Å². The van der Waals surface area contributed by atoms with Crippen molar-refractivity contribution in [1.82, 2.24) is 9.88 Å². The predicted molar refractivity (Wildman–Crippen MR) is 123 cm³/mol. The lowest BCUT2D eigenvalue weighted by Crippen LogP contribution is -2.48. The zero-order chi connectivity index (χ0) is 22.5. The second-order valence-corrected chi connectivity index (χ2v) is 8.17. The number of carbonyl (C=O) groups excluding carboxylic acids is 1. The Kier molecular flexibility index (Phi) is 6.85. The first kappa shape index (κ1) is 22.0. The van der Waals surface area contributed by atoms with Gasteiger partial charge in [-0.05, 0) is 30.2 Å². The maximum absolute atomic E-state index is 14.9. The number of amides is 1. The topological polar surface area (TPSA) is 61.6 Å². The summed E-state index contributed by atoms with van der Waals surface area (Å²) in [5, 5.41) is 2.80. The molecule has 1 amide bonds. The number of anilines is 2. The van der Waals surface area contributed by atoms with Crippen LogP contribution >= 0.6 is 0 Å². The summed E-state index contributed by atoms with van der Waals surface area (Å²) < 4.78 is 20.5. The van der Waals surface area contributed by atoms with Crippen LogP contribution in [-0.4, -0.2) is 42.0 Å². The van der Waals surface area contributed by atoms with E-state index in [-0.39, 0.29) is 23.7 Å². The molecule has 1 unspecified atom stereocenters. The first-order valence-corrected chi connectivity index (χ1v) is 11.1. The Bertz CT molecular complexity index is 1020. The van der Waals surface area contributed by atoms with Crippen LogP contribution in [0.25, 0.3) is 0 Å². The van der Waals surface area contributed by atoms with Crippen molar-refractivity contribution in [3.63, 3.8) is 0 Å². The monoisotopic (exact) mass is 436 g/mol. The van der Waals surface area contributed by atoms with E-state index in [1.165, 1.54) is 6.07 Å². The molecule has 1 aromatic heterocycles. The van der Waals surface area contributed by atoms with Crippen LogP contribution in [0, 0.1) is 11.7 Å². The van der Waals surface area contributed by atoms with Crippen LogP contribution < -0.4 is 10.2 Å². The third-order valence-corrected chi connectivity index (χ3v) is 6.10. The average molecular weight is 437 g/mol. The number of piperazine rings is 1. The smallest absolute Gasteiger partial charge is 0.227 e. The van der Waals surface area contributed by atoms with Gasteiger partial charge < -0.3 is 14.6 Å². The molecule has 2 atom stereocenters. The van der Waals surface area contributed by atoms with Gasteiger partial charge in [0, 0.05) is 37.8 Å². The Balaban J connectivity index is 1.44. The number of carbonyl (C=O) groups is 1. The first-order chi connectivity index (χ1) is 15.6. The molecule has 1 aliphatic rings. The van der Waals surface area contributed by atoms with Gasteiger partial charge >= 0.3 is 0 Å². The molecule has 6 nitrogen and oxygen atoms in total. The minimum atomic E-state index is -0.326. The molecule has 7 heteroatoms. The van der Waals surface area contributed by atoms with E-state index in [9.17, 15) is 9.18 Å². The van der Waals surface area contributed by atoms with Crippen molar-refractivity contribution in [3.05, 3.63) is 78.3 Å². The van der Waals surface area contributed by atoms with Crippen LogP contribution in [0.2, 0.25) is 0 Å². The van der Waals surface area contributed by atoms with E-state index in [1.807, 2.05) is 36.9 Å². The van der Waals surface area contributed by atoms with Gasteiger partial charge in [-0.25, -0.2) is 9.37 Å². The molecule has 2 aromatic carbocycles. The predicted octanol–water partition coefficient (Wildman–Crippen LogP) is 4.71. The molecule has 0 saturated carbocycles. The van der Waals surface area contributed by atoms with Gasteiger partial charge in [0.1, 0.15) is 18.1 Å². The maximum atomic E-state index is 14.9. The van der Waals surface area contributed by atoms with Crippen LogP contribution in [0.5, 0.6) is 0 Å². The van der Waals surface area contributed by atoms with Crippen LogP contribution in [0.4, 0.5) is 15.8 Å². The lowest BCUT2D eigenvalue weighted by Gasteiger charge is -2.39. The summed E-state index contributed by atoms with van der Waals surface area (Å²) in [5.74, 6) is 0.142. The van der Waals surface area contributed by atoms with E-state index in [4.69, 9.17) is 4.42 Å². The highest BCUT2D eigenvalue weighted by atomic mass is 19.1. The van der Waals surface area contributed by atoms with Gasteiger partial charge in [0.15, 0.2) is 0 Å². The minimum Gasteiger partial charge on any atom is -0.447 e. The number of rotatable bonds is 7. The number of hydrogen-bond donors (Lipinski definition) is 1. The second kappa shape index (κ2) is 9.96. The van der Waals surface area contributed by atoms with Crippen molar-refractivity contribution >= 4 is 17.3 Å². The van der Waals surface area contributed by atoms with Crippen LogP contribution in [-0.2, 0) is 4.79 Å². The number of halogens is 1. The molecule has 1 N–H and O–H groups in total. The lowest BCUT2D eigenvalue weighted by molar-refractivity contribution is -0.119. The lowest BCUT2D eigenvalue weighted by atomic mass is 10.0. The summed E-state index contributed by atoms with van der Waals surface area (Å²) in [6, 6.07) is 15.0. The summed E-state index contributed by atoms with van der Waals surface area (Å²) in [6.07, 6.45) is 4.01. The molecule has 1 aliphatic heterocycles. The fourth-order valence-corrected chi connectivity index (χ4v) is 4.03. The summed E-state index contributed by atoms with van der Waals surface area (Å²) in [6.45, 7) is 6.67. The summed E-state index contributed by atoms with van der Waals surface area (Å²) in [4.78, 5) is 20.8. The molecule has 0 aliphatic carbocycles. The van der Waals surface area contributed by atoms with E-state index in [0.29, 0.717) is 30.4 Å². The fraction of sp³-hybridized carbons (Fsp3) is 0.360. The van der Waals surface area contributed by atoms with Gasteiger partial charge in [0.05, 0.1) is 11.9 Å². The standard InChI is InChI=1S/C25H29FN4O2/c1-3-18(2)24(31)28-20-9-10-22(21(26)17-20)29-12-14-30(15-13-29)23(25-27-11-16-32-25)19-7-5-4-6-8-19/h4-11,16-18,23H,3,12-15H2,1-2H3,(H,28,31)/t18-,23?/m1/s1. The zero-order valence-corrected chi connectivity index (χ0v) is 18.5. The Labute approximate surface area is 188 Å². The molecule has 0 bridgehead atoms. The Morgan fingerprint density at radius 3 is 2.53 bits per heavy atom. The van der Waals surface area contributed by atoms with E-state index in [1.54, 1.807) is 24.6 Å². The van der Waals surface area contributed by atoms with Crippen LogP contribution in [0.3, 0.4) is 0 Å². The number of benzene rings is 2. The van der Waals surface area contributed by atoms with Gasteiger partial charge in [-0.15, -0.1) is 0 Å². The van der Waals surface area contributed by atoms with E-state index in [2.05, 4.69) is 27.3 Å². The number of hydrogen-bond acceptors (Lipinski definition) is 5. The third kappa shape index (κ3) is 4.83. The molecule has 0 radical (unpaired) electrons. The van der Waals surface area contributed by atoms with Gasteiger partial charge in [-0.3, -0.25) is 9.69 Å². The molecule has 3 aromatic rings. The molecule has 2 heterocycles. The highest BCUT2D eigenvalue weighted by Crippen LogP contribution is 2.30. The van der Waals surface area contributed by atoms with Gasteiger partial charge in [-0.1, -0.05) is 44.2 Å². The maximum Gasteiger partial charge on any atom is 0.227 e. The number of oxazole rings is 1. The SMILES string of the molecule is CC[C@@H](C)C(=O)Nc1ccc(N2CCN(C(c3ccccc3)c3ncco3)CC2)c(F)c1. The number of aromatic nitrogens is 1. The molecule has 4 rings (SSSR count). The van der Waals surface area contributed by atoms with Crippen molar-refractivity contribution in [1.29, 1.82) is 0 Å². The molecule has 1 fully saturated rings. The molecule has 1 saturated heterocycles. The Morgan fingerprint density at radius 2 is 1.91 bits per heavy atom. The Morgan fingerprint density at radius 1 is 1.16 bits per heavy atom. The molecule has 32 heavy (non-hydrogen) atoms. The summed E-state index contributed by atoms with van der Waals surface area (Å²) in [7, 11) is 0. The van der Waals surface area contributed by atoms with Gasteiger partial charge in [0.2, 0.25) is 11.8 Å². The number of nitrogens with one attached hydrogen (secondary N) is 1. The summed E-state index contributed by atoms with van der Waals surface area (Å²) in [5.41, 5.74) is 2.16. The number of nitrogens with zero attached hydrogens (tertiary/aromatic N) is 3. The molecule has 168 valence electrons. The van der Waals surface area contributed by atoms with Crippen molar-refractivity contribution in [3.8, 4) is 0 Å². The van der Waals surface area contributed by atoms with Crippen LogP contribution in [0.15, 0.2) is 65.4 Å². The van der Waals surface area contributed by atoms with E-state index >= 15 is 0 Å². The van der Waals surface area contributed by atoms with Crippen molar-refractivity contribution in [2.45, 2.75) is 26.3 Å². The largest absolute Gasteiger partial charge is 0.447 e. The second-order valence-electron chi connectivity index (χ2n) is 8.17. The molecular formula is C25H29FN4O2. The summed E-state index contributed by atoms with van der Waals surface area (Å²) >= 11 is 0. The third-order valence-electron chi connectivity index (χ3n) is 6.10. The van der Waals surface area contributed by atoms with Crippen molar-refractivity contribution in [2.24, 2.45) is 5.92 Å². The highest BCUT2D eigenvalue weighted by molar-refractivity contribution is 5.92. The minimum absolute atomic E-state index is 0.0728. The normalized spacial score (nSPS) is 16.5. The molecule has 0 spiro atoms. The molecular weight excluding hydrogens is 407 g/mol. The zero-order valence-electron chi connectivity index (χ0n) is 18.5. The van der Waals surface area contributed by atoms with E-state index in [0.717, 1.165) is 25.1 Å². The average Bonchev–Trinajstić information content (AvgIpc) is 3.34. The van der Waals surface area contributed by atoms with Gasteiger partial charge in [0.25, 0.3) is 0 Å². The Hall–Kier alpha value is -3.19. The van der Waals surface area contributed by atoms with Crippen molar-refractivity contribution in [2.75, 3.05) is 36.4 Å². The van der Waals surface area contributed by atoms with Crippen molar-refractivity contribution < 1.29 is 13.6 Å². The van der Waals surface area contributed by atoms with E-state index < -0.39 is 0 Å². The highest BCUT2D eigenvalue weighted by Gasteiger charge is 2.30. The first-order valence-electron chi connectivity index (χ1n) is 11.1.